The van der Waals surface area contributed by atoms with Crippen LogP contribution in [0.15, 0.2) is 94.7 Å². The molecule has 0 radical (unpaired) electrons. The lowest BCUT2D eigenvalue weighted by Gasteiger charge is -2.32. The molecule has 3 aromatic carbocycles. The van der Waals surface area contributed by atoms with Gasteiger partial charge in [0.1, 0.15) is 0 Å². The Balaban J connectivity index is 2.00. The molecule has 4 N–H and O–H groups in total. The van der Waals surface area contributed by atoms with Gasteiger partial charge in [0.05, 0.1) is 32.0 Å². The first-order chi connectivity index (χ1) is 19.6. The van der Waals surface area contributed by atoms with E-state index < -0.39 is 86.1 Å². The summed E-state index contributed by atoms with van der Waals surface area (Å²) in [6.45, 7) is 0. The molecular formula is C28H20O12S2. The van der Waals surface area contributed by atoms with Gasteiger partial charge >= 0.3 is 23.9 Å². The van der Waals surface area contributed by atoms with E-state index in [0.717, 1.165) is 30.3 Å². The number of rotatable bonds is 9. The highest BCUT2D eigenvalue weighted by molar-refractivity contribution is 8.10. The molecule has 0 heterocycles. The van der Waals surface area contributed by atoms with Gasteiger partial charge in [-0.1, -0.05) is 42.5 Å². The van der Waals surface area contributed by atoms with Gasteiger partial charge in [-0.15, -0.1) is 0 Å². The molecule has 216 valence electrons. The molecule has 0 fully saturated rings. The minimum atomic E-state index is -5.13. The smallest absolute Gasteiger partial charge is 0.336 e. The van der Waals surface area contributed by atoms with Crippen molar-refractivity contribution >= 4 is 49.1 Å². The summed E-state index contributed by atoms with van der Waals surface area (Å²) >= 11 is 0. The van der Waals surface area contributed by atoms with Crippen LogP contribution < -0.4 is 0 Å². The zero-order chi connectivity index (χ0) is 31.0. The van der Waals surface area contributed by atoms with Crippen LogP contribution in [0.2, 0.25) is 0 Å². The van der Waals surface area contributed by atoms with Crippen LogP contribution in [-0.2, 0) is 19.7 Å². The van der Waals surface area contributed by atoms with E-state index in [2.05, 4.69) is 0 Å². The molecular weight excluding hydrogens is 592 g/mol. The standard InChI is InChI=1S/C28H20O12S2/c29-24(30)20-8-6-18(14-22(20)26(33)34)41(37,38)28(12-10-17(11-13-28)16-4-2-1-3-5-16)42(39,40)19-7-9-21(25(31)32)23(15-19)27(35)36/h1-12,14-15H,13H2,(H,29,30)(H,31,32)(H,33,34)(H,35,36). The molecule has 12 nitrogen and oxygen atoms in total. The molecule has 0 saturated heterocycles. The lowest BCUT2D eigenvalue weighted by molar-refractivity contribution is 0.0651. The van der Waals surface area contributed by atoms with Crippen LogP contribution in [0.4, 0.5) is 0 Å². The first-order valence-corrected chi connectivity index (χ1v) is 14.8. The molecule has 4 rings (SSSR count). The Morgan fingerprint density at radius 3 is 1.38 bits per heavy atom. The number of sulfone groups is 2. The van der Waals surface area contributed by atoms with E-state index in [9.17, 15) is 56.4 Å². The summed E-state index contributed by atoms with van der Waals surface area (Å²) in [5.41, 5.74) is -2.21. The van der Waals surface area contributed by atoms with Crippen LogP contribution in [-0.4, -0.2) is 65.2 Å². The van der Waals surface area contributed by atoms with E-state index in [1.165, 1.54) is 12.2 Å². The number of hydrogen-bond donors (Lipinski definition) is 4. The maximum absolute atomic E-state index is 14.2. The highest BCUT2D eigenvalue weighted by Crippen LogP contribution is 2.44. The molecule has 0 saturated carbocycles. The van der Waals surface area contributed by atoms with Gasteiger partial charge in [0, 0.05) is 6.42 Å². The van der Waals surface area contributed by atoms with Gasteiger partial charge in [0.2, 0.25) is 23.8 Å². The minimum absolute atomic E-state index is 0.455. The van der Waals surface area contributed by atoms with Crippen LogP contribution in [0.5, 0.6) is 0 Å². The van der Waals surface area contributed by atoms with Crippen molar-refractivity contribution in [3.63, 3.8) is 0 Å². The molecule has 0 unspecified atom stereocenters. The summed E-state index contributed by atoms with van der Waals surface area (Å²) in [4.78, 5) is 44.9. The highest BCUT2D eigenvalue weighted by Gasteiger charge is 2.55. The first-order valence-electron chi connectivity index (χ1n) is 11.8. The fourth-order valence-electron chi connectivity index (χ4n) is 4.50. The van der Waals surface area contributed by atoms with E-state index in [1.54, 1.807) is 30.3 Å². The summed E-state index contributed by atoms with van der Waals surface area (Å²) in [7, 11) is -10.3. The summed E-state index contributed by atoms with van der Waals surface area (Å²) in [5, 5.41) is 37.7. The molecule has 14 heteroatoms. The topological polar surface area (TPSA) is 217 Å². The maximum atomic E-state index is 14.2. The Labute approximate surface area is 238 Å². The molecule has 0 spiro atoms. The van der Waals surface area contributed by atoms with Crippen LogP contribution in [0.1, 0.15) is 53.4 Å². The van der Waals surface area contributed by atoms with Gasteiger partial charge in [-0.2, -0.15) is 0 Å². The number of carboxylic acids is 4. The third kappa shape index (κ3) is 4.86. The predicted octanol–water partition coefficient (Wildman–Crippen LogP) is 3.47. The number of carboxylic acid groups (broad SMARTS) is 4. The third-order valence-corrected chi connectivity index (χ3v) is 12.2. The summed E-state index contributed by atoms with van der Waals surface area (Å²) < 4.78 is 54.0. The second kappa shape index (κ2) is 10.7. The summed E-state index contributed by atoms with van der Waals surface area (Å²) in [5.74, 6) is -6.87. The van der Waals surface area contributed by atoms with E-state index in [0.29, 0.717) is 23.3 Å². The molecule has 0 atom stereocenters. The van der Waals surface area contributed by atoms with Crippen LogP contribution >= 0.6 is 0 Å². The average molecular weight is 613 g/mol. The van der Waals surface area contributed by atoms with Crippen LogP contribution in [0.25, 0.3) is 5.57 Å². The molecule has 1 aliphatic carbocycles. The van der Waals surface area contributed by atoms with Crippen molar-refractivity contribution in [3.8, 4) is 0 Å². The lowest BCUT2D eigenvalue weighted by Crippen LogP contribution is -2.45. The Hall–Kier alpha value is -5.08. The monoisotopic (exact) mass is 612 g/mol. The van der Waals surface area contributed by atoms with Crippen molar-refractivity contribution < 1.29 is 56.4 Å². The molecule has 0 aromatic heterocycles. The van der Waals surface area contributed by atoms with E-state index in [-0.39, 0.29) is 0 Å². The van der Waals surface area contributed by atoms with Crippen molar-refractivity contribution in [2.24, 2.45) is 0 Å². The van der Waals surface area contributed by atoms with Gasteiger partial charge in [-0.25, -0.2) is 36.0 Å². The molecule has 0 amide bonds. The maximum Gasteiger partial charge on any atom is 0.336 e. The van der Waals surface area contributed by atoms with Crippen molar-refractivity contribution in [1.29, 1.82) is 0 Å². The average Bonchev–Trinajstić information content (AvgIpc) is 2.96. The van der Waals surface area contributed by atoms with Gasteiger partial charge in [-0.05, 0) is 53.6 Å². The molecule has 0 bridgehead atoms. The lowest BCUT2D eigenvalue weighted by atomic mass is 9.99. The SMILES string of the molecule is O=C(O)c1ccc(S(=O)(=O)C2(S(=O)(=O)c3ccc(C(=O)O)c(C(=O)O)c3)C=CC(c3ccccc3)=CC2)cc1C(=O)O. The Kier molecular flexibility index (Phi) is 7.63. The van der Waals surface area contributed by atoms with Crippen LogP contribution in [0.3, 0.4) is 0 Å². The van der Waals surface area contributed by atoms with Gasteiger partial charge < -0.3 is 20.4 Å². The number of hydrogen-bond acceptors (Lipinski definition) is 8. The largest absolute Gasteiger partial charge is 0.478 e. The molecule has 1 aliphatic rings. The van der Waals surface area contributed by atoms with E-state index in [4.69, 9.17) is 0 Å². The highest BCUT2D eigenvalue weighted by atomic mass is 32.3. The van der Waals surface area contributed by atoms with Crippen molar-refractivity contribution in [3.05, 3.63) is 113 Å². The predicted molar refractivity (Wildman–Crippen MR) is 146 cm³/mol. The second-order valence-corrected chi connectivity index (χ2v) is 13.7. The third-order valence-electron chi connectivity index (χ3n) is 6.66. The zero-order valence-electron chi connectivity index (χ0n) is 21.2. The second-order valence-electron chi connectivity index (χ2n) is 9.02. The molecule has 42 heavy (non-hydrogen) atoms. The van der Waals surface area contributed by atoms with E-state index >= 15 is 0 Å². The van der Waals surface area contributed by atoms with Gasteiger partial charge in [0.25, 0.3) is 0 Å². The van der Waals surface area contributed by atoms with E-state index in [1.807, 2.05) is 0 Å². The summed E-state index contributed by atoms with van der Waals surface area (Å²) in [6, 6.07) is 12.6. The summed E-state index contributed by atoms with van der Waals surface area (Å²) in [6.07, 6.45) is 2.74. The van der Waals surface area contributed by atoms with Crippen molar-refractivity contribution in [2.75, 3.05) is 0 Å². The fraction of sp³-hybridized carbons (Fsp3) is 0.0714. The van der Waals surface area contributed by atoms with Gasteiger partial charge in [-0.3, -0.25) is 0 Å². The van der Waals surface area contributed by atoms with Crippen molar-refractivity contribution in [1.82, 2.24) is 0 Å². The quantitative estimate of drug-likeness (QED) is 0.273. The first kappa shape index (κ1) is 29.9. The molecule has 3 aromatic rings. The number of benzene rings is 3. The fourth-order valence-corrected chi connectivity index (χ4v) is 9.17. The Morgan fingerprint density at radius 2 is 1.02 bits per heavy atom. The Morgan fingerprint density at radius 1 is 0.595 bits per heavy atom. The number of aromatic carboxylic acids is 4. The number of allylic oxidation sites excluding steroid dienone is 3. The van der Waals surface area contributed by atoms with Crippen molar-refractivity contribution in [2.45, 2.75) is 20.3 Å². The normalized spacial score (nSPS) is 14.5. The zero-order valence-corrected chi connectivity index (χ0v) is 22.8. The minimum Gasteiger partial charge on any atom is -0.478 e. The van der Waals surface area contributed by atoms with Crippen LogP contribution in [0, 0.1) is 0 Å². The number of carbonyl (C=O) groups is 4. The molecule has 0 aliphatic heterocycles. The van der Waals surface area contributed by atoms with Gasteiger partial charge in [0.15, 0.2) is 0 Å². The Bertz CT molecular complexity index is 1830.